The Balaban J connectivity index is 2.06. The number of fused-ring (bicyclic) bond motifs is 1. The number of rotatable bonds is 2. The van der Waals surface area contributed by atoms with Gasteiger partial charge in [0.1, 0.15) is 0 Å². The number of nitrogens with zero attached hydrogens (tertiary/aromatic N) is 1. The number of hydrogen-bond donors (Lipinski definition) is 0. The molecule has 0 aliphatic rings. The van der Waals surface area contributed by atoms with Crippen molar-refractivity contribution in [2.45, 2.75) is 13.8 Å². The fraction of sp³-hybridized carbons (Fsp3) is 0.158. The second kappa shape index (κ2) is 5.01. The van der Waals surface area contributed by atoms with Crippen molar-refractivity contribution in [1.82, 2.24) is 4.57 Å². The van der Waals surface area contributed by atoms with Crippen LogP contribution < -0.4 is 0 Å². The minimum atomic E-state index is 1.24. The largest absolute Gasteiger partial charge is 0.347 e. The Hall–Kier alpha value is -2.28. The SMILES string of the molecule is Cc1ccc(/C=C/c2c(C)n(C)c3ccccc23)cc1. The van der Waals surface area contributed by atoms with Gasteiger partial charge in [-0.2, -0.15) is 0 Å². The third-order valence-corrected chi connectivity index (χ3v) is 3.97. The van der Waals surface area contributed by atoms with Gasteiger partial charge in [0, 0.05) is 29.2 Å². The van der Waals surface area contributed by atoms with Gasteiger partial charge in [0.05, 0.1) is 0 Å². The molecule has 0 aliphatic heterocycles. The number of para-hydroxylation sites is 1. The van der Waals surface area contributed by atoms with Crippen molar-refractivity contribution in [2.24, 2.45) is 7.05 Å². The number of aryl methyl sites for hydroxylation is 2. The average molecular weight is 261 g/mol. The molecule has 1 heteroatoms. The molecule has 100 valence electrons. The van der Waals surface area contributed by atoms with Gasteiger partial charge in [0.25, 0.3) is 0 Å². The van der Waals surface area contributed by atoms with Gasteiger partial charge in [-0.3, -0.25) is 0 Å². The molecular formula is C19H19N. The second-order valence-corrected chi connectivity index (χ2v) is 5.32. The van der Waals surface area contributed by atoms with E-state index in [-0.39, 0.29) is 0 Å². The standard InChI is InChI=1S/C19H19N/c1-14-8-10-16(11-9-14)12-13-17-15(2)20(3)19-7-5-4-6-18(17)19/h4-13H,1-3H3/b13-12+. The Labute approximate surface area is 120 Å². The molecule has 0 spiro atoms. The summed E-state index contributed by atoms with van der Waals surface area (Å²) < 4.78 is 2.25. The van der Waals surface area contributed by atoms with Gasteiger partial charge in [-0.1, -0.05) is 60.2 Å². The van der Waals surface area contributed by atoms with E-state index in [1.807, 2.05) is 0 Å². The van der Waals surface area contributed by atoms with E-state index in [2.05, 4.69) is 86.1 Å². The minimum Gasteiger partial charge on any atom is -0.347 e. The summed E-state index contributed by atoms with van der Waals surface area (Å²) in [6.45, 7) is 4.29. The van der Waals surface area contributed by atoms with Crippen molar-refractivity contribution < 1.29 is 0 Å². The van der Waals surface area contributed by atoms with Crippen LogP contribution in [0.2, 0.25) is 0 Å². The van der Waals surface area contributed by atoms with E-state index in [1.54, 1.807) is 0 Å². The Morgan fingerprint density at radius 1 is 0.850 bits per heavy atom. The molecule has 2 aromatic carbocycles. The third kappa shape index (κ3) is 2.16. The van der Waals surface area contributed by atoms with Crippen molar-refractivity contribution in [3.05, 3.63) is 70.9 Å². The molecule has 3 aromatic rings. The zero-order chi connectivity index (χ0) is 14.1. The summed E-state index contributed by atoms with van der Waals surface area (Å²) in [7, 11) is 2.13. The molecular weight excluding hydrogens is 242 g/mol. The van der Waals surface area contributed by atoms with Gasteiger partial charge < -0.3 is 4.57 Å². The van der Waals surface area contributed by atoms with Crippen LogP contribution in [0, 0.1) is 13.8 Å². The van der Waals surface area contributed by atoms with Crippen molar-refractivity contribution in [3.8, 4) is 0 Å². The maximum Gasteiger partial charge on any atom is 0.0486 e. The summed E-state index contributed by atoms with van der Waals surface area (Å²) in [6, 6.07) is 17.2. The first-order valence-electron chi connectivity index (χ1n) is 6.95. The van der Waals surface area contributed by atoms with E-state index in [0.717, 1.165) is 0 Å². The summed E-state index contributed by atoms with van der Waals surface area (Å²) in [4.78, 5) is 0. The monoisotopic (exact) mass is 261 g/mol. The van der Waals surface area contributed by atoms with Crippen LogP contribution in [-0.4, -0.2) is 4.57 Å². The van der Waals surface area contributed by atoms with Crippen molar-refractivity contribution in [1.29, 1.82) is 0 Å². The number of benzene rings is 2. The highest BCUT2D eigenvalue weighted by atomic mass is 14.9. The van der Waals surface area contributed by atoms with Gasteiger partial charge >= 0.3 is 0 Å². The first kappa shape index (κ1) is 12.7. The third-order valence-electron chi connectivity index (χ3n) is 3.97. The molecule has 0 radical (unpaired) electrons. The van der Waals surface area contributed by atoms with Gasteiger partial charge in [0.2, 0.25) is 0 Å². The minimum absolute atomic E-state index is 1.24. The maximum absolute atomic E-state index is 2.25. The van der Waals surface area contributed by atoms with Gasteiger partial charge in [-0.25, -0.2) is 0 Å². The lowest BCUT2D eigenvalue weighted by Gasteiger charge is -1.98. The fourth-order valence-corrected chi connectivity index (χ4v) is 2.62. The predicted molar refractivity (Wildman–Crippen MR) is 87.8 cm³/mol. The van der Waals surface area contributed by atoms with Crippen LogP contribution in [0.15, 0.2) is 48.5 Å². The number of aromatic nitrogens is 1. The zero-order valence-corrected chi connectivity index (χ0v) is 12.2. The lowest BCUT2D eigenvalue weighted by Crippen LogP contribution is -1.89. The molecule has 0 bridgehead atoms. The molecule has 0 saturated heterocycles. The molecule has 3 rings (SSSR count). The Bertz CT molecular complexity index is 773. The van der Waals surface area contributed by atoms with E-state index in [0.29, 0.717) is 0 Å². The van der Waals surface area contributed by atoms with E-state index in [4.69, 9.17) is 0 Å². The highest BCUT2D eigenvalue weighted by molar-refractivity contribution is 5.93. The topological polar surface area (TPSA) is 4.93 Å². The highest BCUT2D eigenvalue weighted by Gasteiger charge is 2.08. The second-order valence-electron chi connectivity index (χ2n) is 5.32. The Morgan fingerprint density at radius 3 is 2.30 bits per heavy atom. The first-order valence-corrected chi connectivity index (χ1v) is 6.95. The Morgan fingerprint density at radius 2 is 1.55 bits per heavy atom. The molecule has 1 aromatic heterocycles. The summed E-state index contributed by atoms with van der Waals surface area (Å²) >= 11 is 0. The van der Waals surface area contributed by atoms with Crippen molar-refractivity contribution >= 4 is 23.1 Å². The molecule has 0 saturated carbocycles. The number of hydrogen-bond acceptors (Lipinski definition) is 0. The van der Waals surface area contributed by atoms with E-state index < -0.39 is 0 Å². The predicted octanol–water partition coefficient (Wildman–Crippen LogP) is 4.97. The van der Waals surface area contributed by atoms with Crippen LogP contribution in [0.3, 0.4) is 0 Å². The molecule has 1 nitrogen and oxygen atoms in total. The van der Waals surface area contributed by atoms with Crippen LogP contribution in [0.4, 0.5) is 0 Å². The van der Waals surface area contributed by atoms with Crippen LogP contribution >= 0.6 is 0 Å². The molecule has 0 unspecified atom stereocenters. The van der Waals surface area contributed by atoms with Gasteiger partial charge in [0.15, 0.2) is 0 Å². The molecule has 20 heavy (non-hydrogen) atoms. The van der Waals surface area contributed by atoms with Crippen molar-refractivity contribution in [2.75, 3.05) is 0 Å². The van der Waals surface area contributed by atoms with Gasteiger partial charge in [-0.15, -0.1) is 0 Å². The molecule has 0 aliphatic carbocycles. The summed E-state index contributed by atoms with van der Waals surface area (Å²) in [6.07, 6.45) is 4.41. The van der Waals surface area contributed by atoms with E-state index >= 15 is 0 Å². The highest BCUT2D eigenvalue weighted by Crippen LogP contribution is 2.26. The lowest BCUT2D eigenvalue weighted by molar-refractivity contribution is 0.916. The normalized spacial score (nSPS) is 11.6. The Kier molecular flexibility index (Phi) is 3.19. The smallest absolute Gasteiger partial charge is 0.0486 e. The molecule has 0 atom stereocenters. The van der Waals surface area contributed by atoms with E-state index in [9.17, 15) is 0 Å². The van der Waals surface area contributed by atoms with Crippen LogP contribution in [-0.2, 0) is 7.05 Å². The molecule has 0 amide bonds. The summed E-state index contributed by atoms with van der Waals surface area (Å²) in [5.74, 6) is 0. The first-order chi connectivity index (χ1) is 9.66. The molecule has 0 N–H and O–H groups in total. The molecule has 0 fully saturated rings. The van der Waals surface area contributed by atoms with Crippen LogP contribution in [0.1, 0.15) is 22.4 Å². The van der Waals surface area contributed by atoms with Gasteiger partial charge in [-0.05, 0) is 25.5 Å². The summed E-state index contributed by atoms with van der Waals surface area (Å²) in [5.41, 5.74) is 6.43. The lowest BCUT2D eigenvalue weighted by atomic mass is 10.1. The average Bonchev–Trinajstić information content (AvgIpc) is 2.71. The van der Waals surface area contributed by atoms with E-state index in [1.165, 1.54) is 33.3 Å². The quantitative estimate of drug-likeness (QED) is 0.614. The summed E-state index contributed by atoms with van der Waals surface area (Å²) in [5, 5.41) is 1.32. The maximum atomic E-state index is 2.25. The zero-order valence-electron chi connectivity index (χ0n) is 12.2. The fourth-order valence-electron chi connectivity index (χ4n) is 2.62. The van der Waals surface area contributed by atoms with Crippen LogP contribution in [0.25, 0.3) is 23.1 Å². The molecule has 1 heterocycles. The van der Waals surface area contributed by atoms with Crippen LogP contribution in [0.5, 0.6) is 0 Å². The van der Waals surface area contributed by atoms with Crippen molar-refractivity contribution in [3.63, 3.8) is 0 Å².